The first-order valence-corrected chi connectivity index (χ1v) is 4.67. The van der Waals surface area contributed by atoms with Gasteiger partial charge in [-0.25, -0.2) is 4.98 Å². The SMILES string of the molecule is Cc1[nH]c2nccn2c(=O)c1C(C)C. The molecule has 0 saturated heterocycles. The molecule has 0 aliphatic heterocycles. The smallest absolute Gasteiger partial charge is 0.262 e. The first-order chi connectivity index (χ1) is 6.61. The highest BCUT2D eigenvalue weighted by atomic mass is 16.1. The zero-order valence-corrected chi connectivity index (χ0v) is 8.53. The summed E-state index contributed by atoms with van der Waals surface area (Å²) in [5.41, 5.74) is 1.77. The van der Waals surface area contributed by atoms with Crippen molar-refractivity contribution in [1.29, 1.82) is 0 Å². The van der Waals surface area contributed by atoms with Crippen LogP contribution in [0.4, 0.5) is 0 Å². The molecule has 0 aliphatic carbocycles. The molecule has 0 aromatic carbocycles. The van der Waals surface area contributed by atoms with Gasteiger partial charge in [0.05, 0.1) is 0 Å². The van der Waals surface area contributed by atoms with E-state index in [0.29, 0.717) is 5.78 Å². The van der Waals surface area contributed by atoms with Gasteiger partial charge in [-0.3, -0.25) is 9.20 Å². The number of hydrogen-bond donors (Lipinski definition) is 1. The summed E-state index contributed by atoms with van der Waals surface area (Å²) in [6.45, 7) is 5.94. The second-order valence-electron chi connectivity index (χ2n) is 3.74. The quantitative estimate of drug-likeness (QED) is 0.741. The summed E-state index contributed by atoms with van der Waals surface area (Å²) in [6, 6.07) is 0. The van der Waals surface area contributed by atoms with Gasteiger partial charge in [-0.15, -0.1) is 0 Å². The van der Waals surface area contributed by atoms with E-state index in [9.17, 15) is 4.79 Å². The average Bonchev–Trinajstić information content (AvgIpc) is 2.50. The summed E-state index contributed by atoms with van der Waals surface area (Å²) in [5.74, 6) is 0.836. The van der Waals surface area contributed by atoms with Crippen molar-refractivity contribution < 1.29 is 0 Å². The molecule has 0 amide bonds. The van der Waals surface area contributed by atoms with Crippen LogP contribution >= 0.6 is 0 Å². The topological polar surface area (TPSA) is 50.2 Å². The number of imidazole rings is 1. The van der Waals surface area contributed by atoms with Crippen molar-refractivity contribution in [3.63, 3.8) is 0 Å². The van der Waals surface area contributed by atoms with E-state index in [1.165, 1.54) is 0 Å². The summed E-state index contributed by atoms with van der Waals surface area (Å²) in [4.78, 5) is 19.1. The van der Waals surface area contributed by atoms with Crippen LogP contribution in [0.1, 0.15) is 31.0 Å². The Morgan fingerprint density at radius 2 is 2.21 bits per heavy atom. The monoisotopic (exact) mass is 191 g/mol. The fourth-order valence-electron chi connectivity index (χ4n) is 1.76. The van der Waals surface area contributed by atoms with Crippen molar-refractivity contribution in [1.82, 2.24) is 14.4 Å². The van der Waals surface area contributed by atoms with Crippen molar-refractivity contribution in [3.8, 4) is 0 Å². The number of fused-ring (bicyclic) bond motifs is 1. The minimum atomic E-state index is 0.0313. The lowest BCUT2D eigenvalue weighted by molar-refractivity contribution is 0.806. The highest BCUT2D eigenvalue weighted by molar-refractivity contribution is 5.33. The van der Waals surface area contributed by atoms with Gasteiger partial charge in [0.1, 0.15) is 0 Å². The van der Waals surface area contributed by atoms with Crippen LogP contribution in [-0.4, -0.2) is 14.4 Å². The van der Waals surface area contributed by atoms with Crippen molar-refractivity contribution in [2.75, 3.05) is 0 Å². The van der Waals surface area contributed by atoms with E-state index in [2.05, 4.69) is 9.97 Å². The molecular formula is C10H13N3O. The van der Waals surface area contributed by atoms with Gasteiger partial charge in [0.25, 0.3) is 5.56 Å². The molecule has 2 aromatic rings. The molecule has 2 rings (SSSR count). The summed E-state index contributed by atoms with van der Waals surface area (Å²) in [5, 5.41) is 0. The van der Waals surface area contributed by atoms with Crippen LogP contribution in [0.2, 0.25) is 0 Å². The van der Waals surface area contributed by atoms with Gasteiger partial charge < -0.3 is 4.98 Å². The number of aromatic amines is 1. The van der Waals surface area contributed by atoms with Gasteiger partial charge in [-0.1, -0.05) is 13.8 Å². The first-order valence-electron chi connectivity index (χ1n) is 4.67. The Morgan fingerprint density at radius 1 is 1.50 bits per heavy atom. The lowest BCUT2D eigenvalue weighted by Gasteiger charge is -2.08. The molecule has 74 valence electrons. The highest BCUT2D eigenvalue weighted by Gasteiger charge is 2.11. The molecule has 0 saturated carbocycles. The Labute approximate surface area is 81.6 Å². The third-order valence-corrected chi connectivity index (χ3v) is 2.37. The Bertz CT molecular complexity index is 522. The van der Waals surface area contributed by atoms with Crippen LogP contribution in [0.5, 0.6) is 0 Å². The highest BCUT2D eigenvalue weighted by Crippen LogP contribution is 2.12. The van der Waals surface area contributed by atoms with Crippen LogP contribution < -0.4 is 5.56 Å². The summed E-state index contributed by atoms with van der Waals surface area (Å²) in [6.07, 6.45) is 3.30. The van der Waals surface area contributed by atoms with Crippen LogP contribution in [0.15, 0.2) is 17.2 Å². The normalized spacial score (nSPS) is 11.4. The van der Waals surface area contributed by atoms with Crippen LogP contribution in [0.3, 0.4) is 0 Å². The van der Waals surface area contributed by atoms with Crippen LogP contribution in [0.25, 0.3) is 5.78 Å². The summed E-state index contributed by atoms with van der Waals surface area (Å²) >= 11 is 0. The summed E-state index contributed by atoms with van der Waals surface area (Å²) < 4.78 is 1.54. The molecule has 0 radical (unpaired) electrons. The summed E-state index contributed by atoms with van der Waals surface area (Å²) in [7, 11) is 0. The van der Waals surface area contributed by atoms with Crippen molar-refractivity contribution in [2.24, 2.45) is 0 Å². The molecule has 0 aliphatic rings. The van der Waals surface area contributed by atoms with E-state index in [1.54, 1.807) is 16.8 Å². The van der Waals surface area contributed by atoms with Crippen molar-refractivity contribution >= 4 is 5.78 Å². The van der Waals surface area contributed by atoms with E-state index in [4.69, 9.17) is 0 Å². The minimum Gasteiger partial charge on any atom is -0.329 e. The van der Waals surface area contributed by atoms with E-state index in [1.807, 2.05) is 20.8 Å². The number of aryl methyl sites for hydroxylation is 1. The van der Waals surface area contributed by atoms with Gasteiger partial charge in [0.2, 0.25) is 5.78 Å². The number of nitrogens with zero attached hydrogens (tertiary/aromatic N) is 2. The Hall–Kier alpha value is -1.58. The number of nitrogens with one attached hydrogen (secondary N) is 1. The predicted molar refractivity (Wildman–Crippen MR) is 54.6 cm³/mol. The van der Waals surface area contributed by atoms with Gasteiger partial charge >= 0.3 is 0 Å². The first kappa shape index (κ1) is 8.99. The van der Waals surface area contributed by atoms with Gasteiger partial charge in [0.15, 0.2) is 0 Å². The standard InChI is InChI=1S/C10H13N3O/c1-6(2)8-7(3)12-10-11-4-5-13(10)9(8)14/h4-6H,1-3H3,(H,11,12). The zero-order valence-electron chi connectivity index (χ0n) is 8.53. The van der Waals surface area contributed by atoms with E-state index in [0.717, 1.165) is 11.3 Å². The molecule has 14 heavy (non-hydrogen) atoms. The third kappa shape index (κ3) is 1.14. The maximum atomic E-state index is 12.0. The number of aromatic nitrogens is 3. The second kappa shape index (κ2) is 2.97. The molecule has 4 nitrogen and oxygen atoms in total. The fraction of sp³-hybridized carbons (Fsp3) is 0.400. The molecule has 0 spiro atoms. The maximum absolute atomic E-state index is 12.0. The molecule has 4 heteroatoms. The Balaban J connectivity index is 2.90. The fourth-order valence-corrected chi connectivity index (χ4v) is 1.76. The van der Waals surface area contributed by atoms with E-state index >= 15 is 0 Å². The molecular weight excluding hydrogens is 178 g/mol. The largest absolute Gasteiger partial charge is 0.329 e. The average molecular weight is 191 g/mol. The minimum absolute atomic E-state index is 0.0313. The predicted octanol–water partition coefficient (Wildman–Crippen LogP) is 1.45. The lowest BCUT2D eigenvalue weighted by Crippen LogP contribution is -2.21. The number of H-pyrrole nitrogens is 1. The van der Waals surface area contributed by atoms with E-state index < -0.39 is 0 Å². The van der Waals surface area contributed by atoms with Gasteiger partial charge in [-0.05, 0) is 12.8 Å². The van der Waals surface area contributed by atoms with E-state index in [-0.39, 0.29) is 11.5 Å². The van der Waals surface area contributed by atoms with Gasteiger partial charge in [-0.2, -0.15) is 0 Å². The molecule has 0 bridgehead atoms. The lowest BCUT2D eigenvalue weighted by atomic mass is 10.0. The molecule has 0 fully saturated rings. The molecule has 2 aromatic heterocycles. The Kier molecular flexibility index (Phi) is 1.91. The molecule has 2 heterocycles. The Morgan fingerprint density at radius 3 is 2.86 bits per heavy atom. The van der Waals surface area contributed by atoms with Gasteiger partial charge in [0, 0.05) is 23.7 Å². The molecule has 1 N–H and O–H groups in total. The maximum Gasteiger partial charge on any atom is 0.262 e. The number of hydrogen-bond acceptors (Lipinski definition) is 2. The number of rotatable bonds is 1. The van der Waals surface area contributed by atoms with Crippen molar-refractivity contribution in [3.05, 3.63) is 34.0 Å². The molecule has 0 atom stereocenters. The molecule has 0 unspecified atom stereocenters. The van der Waals surface area contributed by atoms with Crippen molar-refractivity contribution in [2.45, 2.75) is 26.7 Å². The second-order valence-corrected chi connectivity index (χ2v) is 3.74. The van der Waals surface area contributed by atoms with Crippen LogP contribution in [-0.2, 0) is 0 Å². The zero-order chi connectivity index (χ0) is 10.3. The van der Waals surface area contributed by atoms with Crippen LogP contribution in [0, 0.1) is 6.92 Å². The third-order valence-electron chi connectivity index (χ3n) is 2.37.